The SMILES string of the molecule is COCCOCCNC(C)(C)CC(N)=O. The van der Waals surface area contributed by atoms with Crippen molar-refractivity contribution < 1.29 is 14.3 Å². The van der Waals surface area contributed by atoms with Crippen molar-refractivity contribution in [2.75, 3.05) is 33.5 Å². The third kappa shape index (κ3) is 9.65. The van der Waals surface area contributed by atoms with Gasteiger partial charge in [-0.1, -0.05) is 0 Å². The molecule has 0 rings (SSSR count). The number of carbonyl (C=O) groups excluding carboxylic acids is 1. The molecule has 0 fully saturated rings. The van der Waals surface area contributed by atoms with Crippen molar-refractivity contribution in [2.24, 2.45) is 5.73 Å². The summed E-state index contributed by atoms with van der Waals surface area (Å²) in [6.45, 7) is 6.37. The predicted molar refractivity (Wildman–Crippen MR) is 58.6 cm³/mol. The van der Waals surface area contributed by atoms with Crippen molar-refractivity contribution in [3.8, 4) is 0 Å². The minimum absolute atomic E-state index is 0.267. The standard InChI is InChI=1S/C10H22N2O3/c1-10(2,8-9(11)13)12-4-5-15-7-6-14-3/h12H,4-8H2,1-3H3,(H2,11,13). The predicted octanol–water partition coefficient (Wildman–Crippen LogP) is -0.107. The minimum Gasteiger partial charge on any atom is -0.382 e. The Labute approximate surface area is 91.3 Å². The van der Waals surface area contributed by atoms with Gasteiger partial charge in [-0.3, -0.25) is 4.79 Å². The average Bonchev–Trinajstić information content (AvgIpc) is 2.08. The van der Waals surface area contributed by atoms with E-state index >= 15 is 0 Å². The number of carbonyl (C=O) groups is 1. The van der Waals surface area contributed by atoms with Crippen LogP contribution < -0.4 is 11.1 Å². The molecule has 1 amide bonds. The number of hydrogen-bond donors (Lipinski definition) is 2. The van der Waals surface area contributed by atoms with Crippen LogP contribution in [0.1, 0.15) is 20.3 Å². The molecule has 0 unspecified atom stereocenters. The maximum atomic E-state index is 10.7. The Balaban J connectivity index is 3.44. The zero-order valence-electron chi connectivity index (χ0n) is 9.84. The quantitative estimate of drug-likeness (QED) is 0.530. The molecule has 0 aromatic heterocycles. The number of nitrogens with one attached hydrogen (secondary N) is 1. The summed E-state index contributed by atoms with van der Waals surface area (Å²) in [6, 6.07) is 0. The number of nitrogens with two attached hydrogens (primary N) is 1. The fourth-order valence-corrected chi connectivity index (χ4v) is 1.20. The van der Waals surface area contributed by atoms with Crippen LogP contribution in [0.25, 0.3) is 0 Å². The van der Waals surface area contributed by atoms with Crippen molar-refractivity contribution in [3.05, 3.63) is 0 Å². The van der Waals surface area contributed by atoms with Crippen LogP contribution in [0.15, 0.2) is 0 Å². The Morgan fingerprint density at radius 2 is 2.00 bits per heavy atom. The van der Waals surface area contributed by atoms with E-state index in [4.69, 9.17) is 15.2 Å². The van der Waals surface area contributed by atoms with Gasteiger partial charge in [-0.05, 0) is 13.8 Å². The molecule has 0 aliphatic heterocycles. The highest BCUT2D eigenvalue weighted by molar-refractivity contribution is 5.74. The number of rotatable bonds is 9. The zero-order chi connectivity index (χ0) is 11.7. The van der Waals surface area contributed by atoms with E-state index in [-0.39, 0.29) is 11.4 Å². The van der Waals surface area contributed by atoms with Crippen LogP contribution >= 0.6 is 0 Å². The monoisotopic (exact) mass is 218 g/mol. The molecule has 0 aliphatic rings. The first-order valence-electron chi connectivity index (χ1n) is 5.08. The molecule has 0 saturated heterocycles. The Kier molecular flexibility index (Phi) is 7.29. The van der Waals surface area contributed by atoms with Gasteiger partial charge >= 0.3 is 0 Å². The van der Waals surface area contributed by atoms with Crippen LogP contribution in [0.5, 0.6) is 0 Å². The normalized spacial score (nSPS) is 11.7. The molecule has 0 saturated carbocycles. The highest BCUT2D eigenvalue weighted by Crippen LogP contribution is 2.06. The second-order valence-corrected chi connectivity index (χ2v) is 4.06. The molecule has 5 heteroatoms. The molecular formula is C10H22N2O3. The van der Waals surface area contributed by atoms with Gasteiger partial charge in [0.1, 0.15) is 0 Å². The second kappa shape index (κ2) is 7.62. The number of amides is 1. The lowest BCUT2D eigenvalue weighted by molar-refractivity contribution is -0.119. The molecule has 0 spiro atoms. The van der Waals surface area contributed by atoms with E-state index in [1.807, 2.05) is 13.8 Å². The molecule has 3 N–H and O–H groups in total. The maximum absolute atomic E-state index is 10.7. The fraction of sp³-hybridized carbons (Fsp3) is 0.900. The molecule has 15 heavy (non-hydrogen) atoms. The summed E-state index contributed by atoms with van der Waals surface area (Å²) in [6.07, 6.45) is 0.324. The van der Waals surface area contributed by atoms with Crippen molar-refractivity contribution in [3.63, 3.8) is 0 Å². The van der Waals surface area contributed by atoms with Gasteiger partial charge in [-0.25, -0.2) is 0 Å². The zero-order valence-corrected chi connectivity index (χ0v) is 9.84. The van der Waals surface area contributed by atoms with Crippen molar-refractivity contribution in [1.29, 1.82) is 0 Å². The summed E-state index contributed by atoms with van der Waals surface area (Å²) >= 11 is 0. The summed E-state index contributed by atoms with van der Waals surface area (Å²) in [7, 11) is 1.64. The van der Waals surface area contributed by atoms with Crippen molar-refractivity contribution in [2.45, 2.75) is 25.8 Å². The first-order valence-corrected chi connectivity index (χ1v) is 5.08. The van der Waals surface area contributed by atoms with Crippen LogP contribution in [0.3, 0.4) is 0 Å². The van der Waals surface area contributed by atoms with Crippen LogP contribution in [-0.2, 0) is 14.3 Å². The van der Waals surface area contributed by atoms with Gasteiger partial charge in [-0.2, -0.15) is 0 Å². The summed E-state index contributed by atoms with van der Waals surface area (Å²) in [5.74, 6) is -0.298. The van der Waals surface area contributed by atoms with Gasteiger partial charge in [0.2, 0.25) is 5.91 Å². The van der Waals surface area contributed by atoms with Gasteiger partial charge in [0.25, 0.3) is 0 Å². The highest BCUT2D eigenvalue weighted by atomic mass is 16.5. The van der Waals surface area contributed by atoms with E-state index in [9.17, 15) is 4.79 Å². The maximum Gasteiger partial charge on any atom is 0.219 e. The summed E-state index contributed by atoms with van der Waals surface area (Å²) in [5.41, 5.74) is 4.85. The summed E-state index contributed by atoms with van der Waals surface area (Å²) < 4.78 is 10.1. The molecule has 0 atom stereocenters. The summed E-state index contributed by atoms with van der Waals surface area (Å²) in [4.78, 5) is 10.7. The van der Waals surface area contributed by atoms with E-state index in [1.165, 1.54) is 0 Å². The molecule has 0 heterocycles. The minimum atomic E-state index is -0.298. The topological polar surface area (TPSA) is 73.6 Å². The van der Waals surface area contributed by atoms with Crippen LogP contribution in [-0.4, -0.2) is 44.9 Å². The van der Waals surface area contributed by atoms with Gasteiger partial charge < -0.3 is 20.5 Å². The molecule has 0 aliphatic carbocycles. The first kappa shape index (κ1) is 14.3. The third-order valence-corrected chi connectivity index (χ3v) is 1.90. The average molecular weight is 218 g/mol. The number of ether oxygens (including phenoxy) is 2. The van der Waals surface area contributed by atoms with E-state index in [0.717, 1.165) is 0 Å². The molecule has 0 aromatic carbocycles. The Hall–Kier alpha value is -0.650. The van der Waals surface area contributed by atoms with E-state index in [0.29, 0.717) is 32.8 Å². The van der Waals surface area contributed by atoms with Crippen LogP contribution in [0.4, 0.5) is 0 Å². The van der Waals surface area contributed by atoms with Gasteiger partial charge in [0.05, 0.1) is 19.8 Å². The third-order valence-electron chi connectivity index (χ3n) is 1.90. The van der Waals surface area contributed by atoms with E-state index in [1.54, 1.807) is 7.11 Å². The smallest absolute Gasteiger partial charge is 0.219 e. The largest absolute Gasteiger partial charge is 0.382 e. The van der Waals surface area contributed by atoms with E-state index < -0.39 is 0 Å². The number of primary amides is 1. The lowest BCUT2D eigenvalue weighted by atomic mass is 10.0. The number of hydrogen-bond acceptors (Lipinski definition) is 4. The number of methoxy groups -OCH3 is 1. The van der Waals surface area contributed by atoms with Crippen LogP contribution in [0, 0.1) is 0 Å². The molecule has 90 valence electrons. The highest BCUT2D eigenvalue weighted by Gasteiger charge is 2.18. The van der Waals surface area contributed by atoms with Crippen molar-refractivity contribution in [1.82, 2.24) is 5.32 Å². The lowest BCUT2D eigenvalue weighted by Gasteiger charge is -2.24. The summed E-state index contributed by atoms with van der Waals surface area (Å²) in [5, 5.41) is 3.20. The van der Waals surface area contributed by atoms with Gasteiger partial charge in [-0.15, -0.1) is 0 Å². The molecule has 5 nitrogen and oxygen atoms in total. The lowest BCUT2D eigenvalue weighted by Crippen LogP contribution is -2.44. The Morgan fingerprint density at radius 3 is 2.53 bits per heavy atom. The van der Waals surface area contributed by atoms with Gasteiger partial charge in [0.15, 0.2) is 0 Å². The molecule has 0 aromatic rings. The fourth-order valence-electron chi connectivity index (χ4n) is 1.20. The van der Waals surface area contributed by atoms with Crippen LogP contribution in [0.2, 0.25) is 0 Å². The first-order chi connectivity index (χ1) is 6.98. The Bertz CT molecular complexity index is 184. The molecular weight excluding hydrogens is 196 g/mol. The van der Waals surface area contributed by atoms with E-state index in [2.05, 4.69) is 5.32 Å². The molecule has 0 bridgehead atoms. The van der Waals surface area contributed by atoms with Crippen molar-refractivity contribution >= 4 is 5.91 Å². The van der Waals surface area contributed by atoms with Gasteiger partial charge in [0, 0.05) is 25.6 Å². The Morgan fingerprint density at radius 1 is 1.33 bits per heavy atom. The second-order valence-electron chi connectivity index (χ2n) is 4.06. The molecule has 0 radical (unpaired) electrons.